The van der Waals surface area contributed by atoms with Gasteiger partial charge in [-0.15, -0.1) is 0 Å². The number of methoxy groups -OCH3 is 1. The first-order valence-corrected chi connectivity index (χ1v) is 7.62. The van der Waals surface area contributed by atoms with Crippen molar-refractivity contribution in [1.82, 2.24) is 0 Å². The van der Waals surface area contributed by atoms with E-state index in [1.807, 2.05) is 48.5 Å². The van der Waals surface area contributed by atoms with Crippen LogP contribution in [-0.4, -0.2) is 26.2 Å². The van der Waals surface area contributed by atoms with Gasteiger partial charge in [0.15, 0.2) is 0 Å². The molecule has 0 aliphatic heterocycles. The Morgan fingerprint density at radius 3 is 2.52 bits per heavy atom. The number of nitrogens with one attached hydrogen (secondary N) is 2. The van der Waals surface area contributed by atoms with Gasteiger partial charge in [0, 0.05) is 5.69 Å². The van der Waals surface area contributed by atoms with Crippen molar-refractivity contribution in [3.05, 3.63) is 48.5 Å². The Balaban J connectivity index is 1.84. The predicted octanol–water partition coefficient (Wildman–Crippen LogP) is 3.53. The summed E-state index contributed by atoms with van der Waals surface area (Å²) in [5, 5.41) is 5.90. The van der Waals surface area contributed by atoms with Crippen molar-refractivity contribution in [1.29, 1.82) is 0 Å². The van der Waals surface area contributed by atoms with Crippen LogP contribution < -0.4 is 20.1 Å². The maximum atomic E-state index is 12.0. The monoisotopic (exact) mass is 314 g/mol. The van der Waals surface area contributed by atoms with E-state index in [2.05, 4.69) is 17.6 Å². The third-order valence-corrected chi connectivity index (χ3v) is 3.16. The van der Waals surface area contributed by atoms with Gasteiger partial charge in [-0.3, -0.25) is 4.79 Å². The van der Waals surface area contributed by atoms with Crippen LogP contribution in [0.5, 0.6) is 11.5 Å². The van der Waals surface area contributed by atoms with E-state index in [4.69, 9.17) is 9.47 Å². The number of amides is 1. The molecule has 0 unspecified atom stereocenters. The third kappa shape index (κ3) is 5.21. The molecule has 1 amide bonds. The molecule has 23 heavy (non-hydrogen) atoms. The van der Waals surface area contributed by atoms with Crippen LogP contribution in [0.4, 0.5) is 11.4 Å². The highest BCUT2D eigenvalue weighted by atomic mass is 16.5. The summed E-state index contributed by atoms with van der Waals surface area (Å²) in [5.41, 5.74) is 1.52. The van der Waals surface area contributed by atoms with Gasteiger partial charge in [-0.25, -0.2) is 0 Å². The fourth-order valence-corrected chi connectivity index (χ4v) is 2.03. The average Bonchev–Trinajstić information content (AvgIpc) is 2.59. The Hall–Kier alpha value is -2.69. The first-order valence-electron chi connectivity index (χ1n) is 7.62. The van der Waals surface area contributed by atoms with Crippen molar-refractivity contribution in [2.75, 3.05) is 30.9 Å². The zero-order valence-corrected chi connectivity index (χ0v) is 13.5. The summed E-state index contributed by atoms with van der Waals surface area (Å²) in [6.45, 7) is 2.91. The molecule has 0 bridgehead atoms. The molecule has 2 aromatic rings. The van der Waals surface area contributed by atoms with Crippen LogP contribution in [0.15, 0.2) is 48.5 Å². The van der Waals surface area contributed by atoms with E-state index in [0.29, 0.717) is 12.4 Å². The van der Waals surface area contributed by atoms with E-state index in [1.54, 1.807) is 7.11 Å². The van der Waals surface area contributed by atoms with Crippen LogP contribution in [0.1, 0.15) is 13.3 Å². The molecule has 122 valence electrons. The Bertz CT molecular complexity index is 626. The van der Waals surface area contributed by atoms with E-state index in [0.717, 1.165) is 23.5 Å². The van der Waals surface area contributed by atoms with E-state index in [-0.39, 0.29) is 12.5 Å². The Kier molecular flexibility index (Phi) is 6.29. The second-order valence-corrected chi connectivity index (χ2v) is 4.97. The summed E-state index contributed by atoms with van der Waals surface area (Å²) in [6.07, 6.45) is 0.965. The number of carbonyl (C=O) groups is 1. The standard InChI is InChI=1S/C18H22N2O3/c1-3-12-23-15-10-8-14(9-11-15)20-18(21)13-19-16-6-4-5-7-17(16)22-2/h4-11,19H,3,12-13H2,1-2H3,(H,20,21). The number of hydrogen-bond acceptors (Lipinski definition) is 4. The fourth-order valence-electron chi connectivity index (χ4n) is 2.03. The lowest BCUT2D eigenvalue weighted by atomic mass is 10.3. The number of anilines is 2. The molecular weight excluding hydrogens is 292 g/mol. The number of benzene rings is 2. The summed E-state index contributed by atoms with van der Waals surface area (Å²) >= 11 is 0. The van der Waals surface area contributed by atoms with Crippen molar-refractivity contribution in [2.45, 2.75) is 13.3 Å². The van der Waals surface area contributed by atoms with Gasteiger partial charge in [0.1, 0.15) is 11.5 Å². The number of ether oxygens (including phenoxy) is 2. The predicted molar refractivity (Wildman–Crippen MR) is 92.3 cm³/mol. The van der Waals surface area contributed by atoms with E-state index >= 15 is 0 Å². The lowest BCUT2D eigenvalue weighted by Crippen LogP contribution is -2.21. The summed E-state index contributed by atoms with van der Waals surface area (Å²) in [7, 11) is 1.60. The molecular formula is C18H22N2O3. The molecule has 2 aromatic carbocycles. The number of rotatable bonds is 8. The molecule has 2 rings (SSSR count). The lowest BCUT2D eigenvalue weighted by molar-refractivity contribution is -0.114. The molecule has 0 radical (unpaired) electrons. The summed E-state index contributed by atoms with van der Waals surface area (Å²) < 4.78 is 10.7. The molecule has 5 nitrogen and oxygen atoms in total. The number of para-hydroxylation sites is 2. The minimum Gasteiger partial charge on any atom is -0.495 e. The number of carbonyl (C=O) groups excluding carboxylic acids is 1. The largest absolute Gasteiger partial charge is 0.495 e. The first-order chi connectivity index (χ1) is 11.2. The minimum absolute atomic E-state index is 0.127. The fraction of sp³-hybridized carbons (Fsp3) is 0.278. The van der Waals surface area contributed by atoms with Gasteiger partial charge >= 0.3 is 0 Å². The normalized spacial score (nSPS) is 10.0. The molecule has 0 heterocycles. The molecule has 0 aromatic heterocycles. The molecule has 5 heteroatoms. The van der Waals surface area contributed by atoms with Gasteiger partial charge in [-0.05, 0) is 42.8 Å². The lowest BCUT2D eigenvalue weighted by Gasteiger charge is -2.11. The Morgan fingerprint density at radius 2 is 1.83 bits per heavy atom. The highest BCUT2D eigenvalue weighted by molar-refractivity contribution is 5.94. The van der Waals surface area contributed by atoms with Gasteiger partial charge in [0.2, 0.25) is 5.91 Å². The summed E-state index contributed by atoms with van der Waals surface area (Å²) in [5.74, 6) is 1.38. The van der Waals surface area contributed by atoms with Gasteiger partial charge < -0.3 is 20.1 Å². The van der Waals surface area contributed by atoms with E-state index < -0.39 is 0 Å². The van der Waals surface area contributed by atoms with Crippen molar-refractivity contribution in [3.63, 3.8) is 0 Å². The molecule has 0 saturated carbocycles. The molecule has 0 atom stereocenters. The summed E-state index contributed by atoms with van der Waals surface area (Å²) in [4.78, 5) is 12.0. The van der Waals surface area contributed by atoms with Crippen LogP contribution in [0, 0.1) is 0 Å². The molecule has 0 fully saturated rings. The quantitative estimate of drug-likeness (QED) is 0.782. The highest BCUT2D eigenvalue weighted by Crippen LogP contribution is 2.22. The highest BCUT2D eigenvalue weighted by Gasteiger charge is 2.05. The van der Waals surface area contributed by atoms with Crippen LogP contribution in [0.3, 0.4) is 0 Å². The number of hydrogen-bond donors (Lipinski definition) is 2. The van der Waals surface area contributed by atoms with E-state index in [9.17, 15) is 4.79 Å². The topological polar surface area (TPSA) is 59.6 Å². The van der Waals surface area contributed by atoms with Gasteiger partial charge in [0.25, 0.3) is 0 Å². The average molecular weight is 314 g/mol. The second-order valence-electron chi connectivity index (χ2n) is 4.97. The minimum atomic E-state index is -0.127. The van der Waals surface area contributed by atoms with Crippen molar-refractivity contribution < 1.29 is 14.3 Å². The Labute approximate surface area is 136 Å². The third-order valence-electron chi connectivity index (χ3n) is 3.16. The van der Waals surface area contributed by atoms with Gasteiger partial charge in [-0.1, -0.05) is 19.1 Å². The SMILES string of the molecule is CCCOc1ccc(NC(=O)CNc2ccccc2OC)cc1. The molecule has 0 saturated heterocycles. The van der Waals surface area contributed by atoms with Crippen molar-refractivity contribution in [2.24, 2.45) is 0 Å². The van der Waals surface area contributed by atoms with Crippen LogP contribution in [-0.2, 0) is 4.79 Å². The maximum absolute atomic E-state index is 12.0. The summed E-state index contributed by atoms with van der Waals surface area (Å²) in [6, 6.07) is 14.8. The van der Waals surface area contributed by atoms with Gasteiger partial charge in [0.05, 0.1) is 25.9 Å². The van der Waals surface area contributed by atoms with Gasteiger partial charge in [-0.2, -0.15) is 0 Å². The Morgan fingerprint density at radius 1 is 1.09 bits per heavy atom. The van der Waals surface area contributed by atoms with E-state index in [1.165, 1.54) is 0 Å². The van der Waals surface area contributed by atoms with Crippen molar-refractivity contribution in [3.8, 4) is 11.5 Å². The van der Waals surface area contributed by atoms with Crippen LogP contribution >= 0.6 is 0 Å². The maximum Gasteiger partial charge on any atom is 0.243 e. The second kappa shape index (κ2) is 8.68. The molecule has 0 aliphatic carbocycles. The molecule has 0 spiro atoms. The van der Waals surface area contributed by atoms with Crippen molar-refractivity contribution >= 4 is 17.3 Å². The zero-order valence-electron chi connectivity index (χ0n) is 13.5. The smallest absolute Gasteiger partial charge is 0.243 e. The zero-order chi connectivity index (χ0) is 16.5. The van der Waals surface area contributed by atoms with Crippen LogP contribution in [0.2, 0.25) is 0 Å². The first kappa shape index (κ1) is 16.7. The molecule has 0 aliphatic rings. The van der Waals surface area contributed by atoms with Crippen LogP contribution in [0.25, 0.3) is 0 Å². The molecule has 2 N–H and O–H groups in total.